The summed E-state index contributed by atoms with van der Waals surface area (Å²) < 4.78 is 41.8. The second-order valence-electron chi connectivity index (χ2n) is 4.80. The van der Waals surface area contributed by atoms with Crippen LogP contribution in [0.5, 0.6) is 6.01 Å². The SMILES string of the molecule is COc1nc(Cl)nc(NCC2CCN(CC(F)(F)F)C2)n1. The fourth-order valence-corrected chi connectivity index (χ4v) is 2.37. The van der Waals surface area contributed by atoms with Gasteiger partial charge in [-0.15, -0.1) is 0 Å². The Balaban J connectivity index is 1.83. The van der Waals surface area contributed by atoms with Gasteiger partial charge >= 0.3 is 12.2 Å². The number of nitrogens with zero attached hydrogens (tertiary/aromatic N) is 4. The maximum absolute atomic E-state index is 12.3. The van der Waals surface area contributed by atoms with Crippen LogP contribution in [0.1, 0.15) is 6.42 Å². The number of methoxy groups -OCH3 is 1. The fraction of sp³-hybridized carbons (Fsp3) is 0.727. The summed E-state index contributed by atoms with van der Waals surface area (Å²) in [7, 11) is 1.40. The van der Waals surface area contributed by atoms with E-state index in [1.54, 1.807) is 0 Å². The van der Waals surface area contributed by atoms with Crippen LogP contribution in [0.15, 0.2) is 0 Å². The molecule has 0 amide bonds. The quantitative estimate of drug-likeness (QED) is 0.891. The molecule has 118 valence electrons. The maximum atomic E-state index is 12.3. The molecule has 1 unspecified atom stereocenters. The molecule has 21 heavy (non-hydrogen) atoms. The molecule has 0 radical (unpaired) electrons. The van der Waals surface area contributed by atoms with Gasteiger partial charge in [-0.2, -0.15) is 28.1 Å². The highest BCUT2D eigenvalue weighted by Gasteiger charge is 2.34. The molecule has 1 aromatic heterocycles. The summed E-state index contributed by atoms with van der Waals surface area (Å²) in [5, 5.41) is 2.95. The Bertz CT molecular complexity index is 487. The van der Waals surface area contributed by atoms with Gasteiger partial charge in [0.15, 0.2) is 0 Å². The highest BCUT2D eigenvalue weighted by atomic mass is 35.5. The van der Waals surface area contributed by atoms with Gasteiger partial charge in [0, 0.05) is 13.1 Å². The topological polar surface area (TPSA) is 63.2 Å². The van der Waals surface area contributed by atoms with Crippen LogP contribution in [0.4, 0.5) is 19.1 Å². The van der Waals surface area contributed by atoms with Crippen molar-refractivity contribution >= 4 is 17.5 Å². The third-order valence-corrected chi connectivity index (χ3v) is 3.26. The molecular formula is C11H15ClF3N5O. The van der Waals surface area contributed by atoms with E-state index in [0.717, 1.165) is 0 Å². The molecule has 0 aromatic carbocycles. The lowest BCUT2D eigenvalue weighted by molar-refractivity contribution is -0.143. The molecule has 1 atom stereocenters. The van der Waals surface area contributed by atoms with Crippen molar-refractivity contribution in [2.45, 2.75) is 12.6 Å². The summed E-state index contributed by atoms with van der Waals surface area (Å²) in [6.07, 6.45) is -3.46. The predicted molar refractivity (Wildman–Crippen MR) is 70.5 cm³/mol. The molecule has 1 aliphatic rings. The number of ether oxygens (including phenoxy) is 1. The first kappa shape index (κ1) is 16.0. The van der Waals surface area contributed by atoms with Gasteiger partial charge in [0.25, 0.3) is 0 Å². The first-order valence-corrected chi connectivity index (χ1v) is 6.72. The van der Waals surface area contributed by atoms with Crippen molar-refractivity contribution in [1.29, 1.82) is 0 Å². The molecule has 10 heteroatoms. The summed E-state index contributed by atoms with van der Waals surface area (Å²) in [5.41, 5.74) is 0. The van der Waals surface area contributed by atoms with Crippen molar-refractivity contribution in [3.05, 3.63) is 5.28 Å². The average Bonchev–Trinajstić information content (AvgIpc) is 2.81. The van der Waals surface area contributed by atoms with Gasteiger partial charge in [0.05, 0.1) is 13.7 Å². The summed E-state index contributed by atoms with van der Waals surface area (Å²) >= 11 is 5.70. The van der Waals surface area contributed by atoms with Gasteiger partial charge < -0.3 is 10.1 Å². The molecule has 0 saturated carbocycles. The van der Waals surface area contributed by atoms with E-state index in [4.69, 9.17) is 16.3 Å². The van der Waals surface area contributed by atoms with Crippen LogP contribution in [0, 0.1) is 5.92 Å². The molecule has 1 fully saturated rings. The van der Waals surface area contributed by atoms with Gasteiger partial charge in [-0.05, 0) is 30.5 Å². The van der Waals surface area contributed by atoms with Crippen LogP contribution < -0.4 is 10.1 Å². The monoisotopic (exact) mass is 325 g/mol. The number of hydrogen-bond donors (Lipinski definition) is 1. The minimum absolute atomic E-state index is 0.00512. The maximum Gasteiger partial charge on any atom is 0.401 e. The molecule has 0 bridgehead atoms. The number of anilines is 1. The van der Waals surface area contributed by atoms with Crippen molar-refractivity contribution in [3.8, 4) is 6.01 Å². The van der Waals surface area contributed by atoms with E-state index in [1.165, 1.54) is 12.0 Å². The molecule has 0 spiro atoms. The van der Waals surface area contributed by atoms with Gasteiger partial charge in [0.1, 0.15) is 0 Å². The predicted octanol–water partition coefficient (Wildman–Crippen LogP) is 1.83. The lowest BCUT2D eigenvalue weighted by atomic mass is 10.1. The van der Waals surface area contributed by atoms with Gasteiger partial charge in [-0.3, -0.25) is 4.90 Å². The normalized spacial score (nSPS) is 19.8. The lowest BCUT2D eigenvalue weighted by Gasteiger charge is -2.18. The van der Waals surface area contributed by atoms with Crippen LogP contribution >= 0.6 is 11.6 Å². The number of rotatable bonds is 5. The Morgan fingerprint density at radius 3 is 2.81 bits per heavy atom. The second kappa shape index (κ2) is 6.61. The third kappa shape index (κ3) is 5.16. The Hall–Kier alpha value is -1.35. The molecule has 1 N–H and O–H groups in total. The highest BCUT2D eigenvalue weighted by Crippen LogP contribution is 2.23. The molecule has 6 nitrogen and oxygen atoms in total. The Morgan fingerprint density at radius 1 is 1.38 bits per heavy atom. The van der Waals surface area contributed by atoms with E-state index in [2.05, 4.69) is 20.3 Å². The van der Waals surface area contributed by atoms with Crippen LogP contribution in [-0.2, 0) is 0 Å². The zero-order valence-electron chi connectivity index (χ0n) is 11.3. The van der Waals surface area contributed by atoms with Gasteiger partial charge in [-0.1, -0.05) is 0 Å². The summed E-state index contributed by atoms with van der Waals surface area (Å²) in [4.78, 5) is 13.0. The zero-order valence-corrected chi connectivity index (χ0v) is 12.1. The van der Waals surface area contributed by atoms with E-state index in [9.17, 15) is 13.2 Å². The molecule has 1 saturated heterocycles. The molecule has 2 rings (SSSR count). The van der Waals surface area contributed by atoms with E-state index in [1.807, 2.05) is 0 Å². The first-order valence-electron chi connectivity index (χ1n) is 6.34. The molecule has 0 aliphatic carbocycles. The van der Waals surface area contributed by atoms with Crippen molar-refractivity contribution in [1.82, 2.24) is 19.9 Å². The third-order valence-electron chi connectivity index (χ3n) is 3.09. The molecule has 2 heterocycles. The second-order valence-corrected chi connectivity index (χ2v) is 5.14. The standard InChI is InChI=1S/C11H15ClF3N5O/c1-21-10-18-8(12)17-9(19-10)16-4-7-2-3-20(5-7)6-11(13,14)15/h7H,2-6H2,1H3,(H,16,17,18,19). The Labute approximate surface area is 124 Å². The average molecular weight is 326 g/mol. The van der Waals surface area contributed by atoms with Crippen molar-refractivity contribution in [3.63, 3.8) is 0 Å². The van der Waals surface area contributed by atoms with Crippen LogP contribution in [-0.4, -0.2) is 59.3 Å². The fourth-order valence-electron chi connectivity index (χ4n) is 2.21. The summed E-state index contributed by atoms with van der Waals surface area (Å²) in [6.45, 7) is 0.433. The minimum atomic E-state index is -4.16. The molecular weight excluding hydrogens is 311 g/mol. The smallest absolute Gasteiger partial charge is 0.401 e. The van der Waals surface area contributed by atoms with Crippen molar-refractivity contribution in [2.75, 3.05) is 38.6 Å². The molecule has 1 aliphatic heterocycles. The van der Waals surface area contributed by atoms with Crippen molar-refractivity contribution < 1.29 is 17.9 Å². The highest BCUT2D eigenvalue weighted by molar-refractivity contribution is 6.28. The van der Waals surface area contributed by atoms with Crippen molar-refractivity contribution in [2.24, 2.45) is 5.92 Å². The number of aromatic nitrogens is 3. The molecule has 1 aromatic rings. The number of hydrogen-bond acceptors (Lipinski definition) is 6. The summed E-state index contributed by atoms with van der Waals surface area (Å²) in [6, 6.07) is 0.0858. The zero-order chi connectivity index (χ0) is 15.5. The van der Waals surface area contributed by atoms with E-state index >= 15 is 0 Å². The van der Waals surface area contributed by atoms with E-state index < -0.39 is 12.7 Å². The number of nitrogens with one attached hydrogen (secondary N) is 1. The van der Waals surface area contributed by atoms with Gasteiger partial charge in [0.2, 0.25) is 11.2 Å². The van der Waals surface area contributed by atoms with Crippen LogP contribution in [0.3, 0.4) is 0 Å². The largest absolute Gasteiger partial charge is 0.467 e. The van der Waals surface area contributed by atoms with E-state index in [0.29, 0.717) is 26.1 Å². The Kier molecular flexibility index (Phi) is 5.04. The van der Waals surface area contributed by atoms with Crippen LogP contribution in [0.2, 0.25) is 5.28 Å². The van der Waals surface area contributed by atoms with Gasteiger partial charge in [-0.25, -0.2) is 0 Å². The minimum Gasteiger partial charge on any atom is -0.467 e. The van der Waals surface area contributed by atoms with E-state index in [-0.39, 0.29) is 23.2 Å². The first-order chi connectivity index (χ1) is 9.85. The number of likely N-dealkylation sites (tertiary alicyclic amines) is 1. The Morgan fingerprint density at radius 2 is 2.14 bits per heavy atom. The number of halogens is 4. The number of alkyl halides is 3. The van der Waals surface area contributed by atoms with Crippen LogP contribution in [0.25, 0.3) is 0 Å². The summed E-state index contributed by atoms with van der Waals surface area (Å²) in [5.74, 6) is 0.356. The lowest BCUT2D eigenvalue weighted by Crippen LogP contribution is -2.33.